The number of alkyl carbamates (subject to hydrolysis) is 1. The van der Waals surface area contributed by atoms with Gasteiger partial charge in [0.25, 0.3) is 0 Å². The maximum atomic E-state index is 13.4. The second-order valence-corrected chi connectivity index (χ2v) is 8.97. The van der Waals surface area contributed by atoms with E-state index in [1.807, 2.05) is 52.0 Å². The van der Waals surface area contributed by atoms with Crippen molar-refractivity contribution in [2.24, 2.45) is 0 Å². The molecule has 0 aliphatic heterocycles. The molecule has 1 aliphatic carbocycles. The molecular weight excluding hydrogens is 444 g/mol. The van der Waals surface area contributed by atoms with Gasteiger partial charge in [-0.05, 0) is 47.9 Å². The van der Waals surface area contributed by atoms with Gasteiger partial charge in [0.05, 0.1) is 7.11 Å². The van der Waals surface area contributed by atoms with E-state index in [0.29, 0.717) is 25.7 Å². The molecule has 1 aliphatic rings. The molecule has 2 N–H and O–H groups in total. The Morgan fingerprint density at radius 3 is 1.71 bits per heavy atom. The van der Waals surface area contributed by atoms with Gasteiger partial charge in [-0.15, -0.1) is 0 Å². The van der Waals surface area contributed by atoms with Crippen LogP contribution in [0, 0.1) is 0 Å². The summed E-state index contributed by atoms with van der Waals surface area (Å²) in [7, 11) is 1.30. The molecule has 0 heterocycles. The third-order valence-electron chi connectivity index (χ3n) is 7.46. The van der Waals surface area contributed by atoms with Crippen molar-refractivity contribution in [3.8, 4) is 11.1 Å². The summed E-state index contributed by atoms with van der Waals surface area (Å²) >= 11 is 0. The lowest BCUT2D eigenvalue weighted by Crippen LogP contribution is -2.64. The van der Waals surface area contributed by atoms with E-state index in [0.717, 1.165) is 22.3 Å². The number of ether oxygens (including phenoxy) is 2. The van der Waals surface area contributed by atoms with E-state index >= 15 is 0 Å². The second-order valence-electron chi connectivity index (χ2n) is 8.97. The van der Waals surface area contributed by atoms with Gasteiger partial charge >= 0.3 is 12.1 Å². The maximum Gasteiger partial charge on any atom is 0.408 e. The van der Waals surface area contributed by atoms with Gasteiger partial charge < -0.3 is 20.1 Å². The number of rotatable bonds is 10. The van der Waals surface area contributed by atoms with Crippen LogP contribution in [-0.4, -0.2) is 42.8 Å². The van der Waals surface area contributed by atoms with Gasteiger partial charge in [0.2, 0.25) is 5.91 Å². The van der Waals surface area contributed by atoms with Crippen LogP contribution in [0.3, 0.4) is 0 Å². The average molecular weight is 481 g/mol. The van der Waals surface area contributed by atoms with Crippen molar-refractivity contribution >= 4 is 18.0 Å². The molecule has 0 unspecified atom stereocenters. The fourth-order valence-corrected chi connectivity index (χ4v) is 4.93. The van der Waals surface area contributed by atoms with Crippen LogP contribution in [0.4, 0.5) is 4.79 Å². The summed E-state index contributed by atoms with van der Waals surface area (Å²) in [6, 6.07) is 16.2. The van der Waals surface area contributed by atoms with Crippen molar-refractivity contribution in [3.63, 3.8) is 0 Å². The lowest BCUT2D eigenvalue weighted by atomic mass is 9.87. The van der Waals surface area contributed by atoms with Crippen molar-refractivity contribution < 1.29 is 23.9 Å². The topological polar surface area (TPSA) is 93.7 Å². The SMILES string of the molecule is CCC(CC)(NC(=O)OCC1c2ccccc2-c2ccccc21)C(=O)NC(CC)(CC)C(=O)OC. The number of fused-ring (bicyclic) bond motifs is 3. The summed E-state index contributed by atoms with van der Waals surface area (Å²) in [4.78, 5) is 38.8. The highest BCUT2D eigenvalue weighted by Gasteiger charge is 2.44. The third-order valence-corrected chi connectivity index (χ3v) is 7.46. The minimum absolute atomic E-state index is 0.0770. The first kappa shape index (κ1) is 26.3. The zero-order valence-electron chi connectivity index (χ0n) is 21.3. The lowest BCUT2D eigenvalue weighted by Gasteiger charge is -2.37. The average Bonchev–Trinajstić information content (AvgIpc) is 3.22. The monoisotopic (exact) mass is 480 g/mol. The molecule has 0 bridgehead atoms. The number of hydrogen-bond donors (Lipinski definition) is 2. The molecule has 0 saturated heterocycles. The summed E-state index contributed by atoms with van der Waals surface area (Å²) in [5.74, 6) is -1.00. The van der Waals surface area contributed by atoms with E-state index in [1.165, 1.54) is 7.11 Å². The van der Waals surface area contributed by atoms with E-state index in [2.05, 4.69) is 34.9 Å². The van der Waals surface area contributed by atoms with Crippen LogP contribution in [0.15, 0.2) is 48.5 Å². The zero-order valence-corrected chi connectivity index (χ0v) is 21.3. The molecule has 0 spiro atoms. The smallest absolute Gasteiger partial charge is 0.408 e. The lowest BCUT2D eigenvalue weighted by molar-refractivity contribution is -0.152. The highest BCUT2D eigenvalue weighted by atomic mass is 16.5. The van der Waals surface area contributed by atoms with Gasteiger partial charge in [0, 0.05) is 5.92 Å². The predicted molar refractivity (Wildman–Crippen MR) is 135 cm³/mol. The zero-order chi connectivity index (χ0) is 25.6. The van der Waals surface area contributed by atoms with Gasteiger partial charge in [0.1, 0.15) is 17.7 Å². The summed E-state index contributed by atoms with van der Waals surface area (Å²) in [5, 5.41) is 5.67. The molecule has 2 aromatic rings. The van der Waals surface area contributed by atoms with Gasteiger partial charge in [-0.25, -0.2) is 9.59 Å². The Morgan fingerprint density at radius 2 is 1.26 bits per heavy atom. The van der Waals surface area contributed by atoms with E-state index < -0.39 is 29.0 Å². The van der Waals surface area contributed by atoms with E-state index in [-0.39, 0.29) is 12.5 Å². The van der Waals surface area contributed by atoms with Crippen molar-refractivity contribution in [1.29, 1.82) is 0 Å². The Kier molecular flexibility index (Phi) is 8.20. The predicted octanol–water partition coefficient (Wildman–Crippen LogP) is 4.93. The fourth-order valence-electron chi connectivity index (χ4n) is 4.93. The molecule has 2 amide bonds. The number of amides is 2. The highest BCUT2D eigenvalue weighted by Crippen LogP contribution is 2.44. The fraction of sp³-hybridized carbons (Fsp3) is 0.464. The Morgan fingerprint density at radius 1 is 0.771 bits per heavy atom. The molecule has 35 heavy (non-hydrogen) atoms. The molecule has 7 nitrogen and oxygen atoms in total. The van der Waals surface area contributed by atoms with Crippen LogP contribution in [0.1, 0.15) is 70.4 Å². The summed E-state index contributed by atoms with van der Waals surface area (Å²) < 4.78 is 10.6. The molecule has 7 heteroatoms. The van der Waals surface area contributed by atoms with Crippen LogP contribution in [0.5, 0.6) is 0 Å². The molecule has 0 atom stereocenters. The molecule has 188 valence electrons. The molecule has 2 aromatic carbocycles. The van der Waals surface area contributed by atoms with Crippen LogP contribution in [0.25, 0.3) is 11.1 Å². The highest BCUT2D eigenvalue weighted by molar-refractivity contribution is 5.94. The van der Waals surface area contributed by atoms with Crippen LogP contribution < -0.4 is 10.6 Å². The first-order valence-corrected chi connectivity index (χ1v) is 12.4. The maximum absolute atomic E-state index is 13.4. The molecule has 0 radical (unpaired) electrons. The van der Waals surface area contributed by atoms with Crippen LogP contribution in [0.2, 0.25) is 0 Å². The first-order valence-electron chi connectivity index (χ1n) is 12.4. The standard InChI is InChI=1S/C28H36N2O5/c1-6-27(7-2,24(31)29-28(8-3,9-4)25(32)34-5)30-26(33)35-18-23-21-16-12-10-14-19(21)20-15-11-13-17-22(20)23/h10-17,23H,6-9,18H2,1-5H3,(H,29,31)(H,30,33). The Labute approximate surface area is 207 Å². The normalized spacial score (nSPS) is 12.9. The molecule has 0 saturated carbocycles. The first-order chi connectivity index (χ1) is 16.8. The molecular formula is C28H36N2O5. The van der Waals surface area contributed by atoms with Gasteiger partial charge in [-0.3, -0.25) is 4.79 Å². The number of hydrogen-bond acceptors (Lipinski definition) is 5. The van der Waals surface area contributed by atoms with Gasteiger partial charge in [-0.1, -0.05) is 76.2 Å². The third kappa shape index (κ3) is 4.90. The van der Waals surface area contributed by atoms with Crippen molar-refractivity contribution in [2.75, 3.05) is 13.7 Å². The van der Waals surface area contributed by atoms with Crippen molar-refractivity contribution in [1.82, 2.24) is 10.6 Å². The Balaban J connectivity index is 1.75. The summed E-state index contributed by atoms with van der Waals surface area (Å²) in [6.45, 7) is 7.44. The molecule has 3 rings (SSSR count). The Hall–Kier alpha value is -3.35. The van der Waals surface area contributed by atoms with Gasteiger partial charge in [-0.2, -0.15) is 0 Å². The van der Waals surface area contributed by atoms with Crippen LogP contribution in [-0.2, 0) is 19.1 Å². The molecule has 0 aromatic heterocycles. The number of carbonyl (C=O) groups excluding carboxylic acids is 3. The quantitative estimate of drug-likeness (QED) is 0.470. The Bertz CT molecular complexity index is 1030. The minimum Gasteiger partial charge on any atom is -0.467 e. The van der Waals surface area contributed by atoms with E-state index in [4.69, 9.17) is 9.47 Å². The summed E-state index contributed by atoms with van der Waals surface area (Å²) in [5.41, 5.74) is 2.16. The number of methoxy groups -OCH3 is 1. The minimum atomic E-state index is -1.22. The number of benzene rings is 2. The van der Waals surface area contributed by atoms with Crippen molar-refractivity contribution in [2.45, 2.75) is 70.4 Å². The number of nitrogens with one attached hydrogen (secondary N) is 2. The van der Waals surface area contributed by atoms with E-state index in [9.17, 15) is 14.4 Å². The van der Waals surface area contributed by atoms with Crippen LogP contribution >= 0.6 is 0 Å². The largest absolute Gasteiger partial charge is 0.467 e. The molecule has 0 fully saturated rings. The second kappa shape index (κ2) is 10.9. The summed E-state index contributed by atoms with van der Waals surface area (Å²) in [6.07, 6.45) is 0.753. The van der Waals surface area contributed by atoms with E-state index in [1.54, 1.807) is 0 Å². The van der Waals surface area contributed by atoms with Crippen molar-refractivity contribution in [3.05, 3.63) is 59.7 Å². The number of esters is 1. The number of carbonyl (C=O) groups is 3. The van der Waals surface area contributed by atoms with Gasteiger partial charge in [0.15, 0.2) is 0 Å².